The molecule has 0 aliphatic heterocycles. The van der Waals surface area contributed by atoms with Crippen molar-refractivity contribution >= 4 is 68.9 Å². The molecule has 166 valence electrons. The Morgan fingerprint density at radius 3 is 2.69 bits per heavy atom. The maximum atomic E-state index is 12.9. The number of hydrogen-bond donors (Lipinski definition) is 2. The topological polar surface area (TPSA) is 71.1 Å². The number of benzene rings is 2. The zero-order valence-corrected chi connectivity index (χ0v) is 20.4. The van der Waals surface area contributed by atoms with Crippen LogP contribution in [0.25, 0.3) is 11.3 Å². The Hall–Kier alpha value is -2.06. The molecule has 1 aliphatic rings. The average molecular weight is 506 g/mol. The third kappa shape index (κ3) is 5.84. The fraction of sp³-hybridized carbons (Fsp3) is 0.261. The molecule has 1 saturated carbocycles. The Labute approximate surface area is 204 Å². The SMILES string of the molecule is CCC(Sc1cccc(NC(=O)C2CC2)c1)C(=O)Nc1nc(-c2ccc(Cl)c(Cl)c2)cs1. The third-order valence-corrected chi connectivity index (χ3v) is 7.80. The van der Waals surface area contributed by atoms with Gasteiger partial charge in [0.25, 0.3) is 0 Å². The lowest BCUT2D eigenvalue weighted by atomic mass is 10.2. The first-order valence-electron chi connectivity index (χ1n) is 10.2. The summed E-state index contributed by atoms with van der Waals surface area (Å²) in [7, 11) is 0. The van der Waals surface area contributed by atoms with Gasteiger partial charge in [-0.1, -0.05) is 42.3 Å². The molecule has 1 aliphatic carbocycles. The van der Waals surface area contributed by atoms with Crippen molar-refractivity contribution in [1.29, 1.82) is 0 Å². The van der Waals surface area contributed by atoms with E-state index in [9.17, 15) is 9.59 Å². The number of nitrogens with one attached hydrogen (secondary N) is 2. The van der Waals surface area contributed by atoms with Crippen LogP contribution in [0.2, 0.25) is 10.0 Å². The third-order valence-electron chi connectivity index (χ3n) is 4.94. The molecule has 32 heavy (non-hydrogen) atoms. The normalized spacial score (nSPS) is 14.1. The maximum absolute atomic E-state index is 12.9. The van der Waals surface area contributed by atoms with E-state index in [1.54, 1.807) is 12.1 Å². The first-order valence-corrected chi connectivity index (χ1v) is 12.7. The minimum Gasteiger partial charge on any atom is -0.326 e. The first kappa shape index (κ1) is 23.1. The van der Waals surface area contributed by atoms with Gasteiger partial charge in [0.1, 0.15) is 0 Å². The van der Waals surface area contributed by atoms with Gasteiger partial charge in [-0.25, -0.2) is 4.98 Å². The van der Waals surface area contributed by atoms with Gasteiger partial charge in [0.15, 0.2) is 5.13 Å². The molecule has 4 rings (SSSR count). The summed E-state index contributed by atoms with van der Waals surface area (Å²) in [5.74, 6) is 0.103. The van der Waals surface area contributed by atoms with E-state index >= 15 is 0 Å². The zero-order valence-electron chi connectivity index (χ0n) is 17.2. The number of nitrogens with zero attached hydrogens (tertiary/aromatic N) is 1. The van der Waals surface area contributed by atoms with Gasteiger partial charge in [0, 0.05) is 27.4 Å². The molecule has 0 saturated heterocycles. The van der Waals surface area contributed by atoms with Gasteiger partial charge < -0.3 is 10.6 Å². The number of anilines is 2. The van der Waals surface area contributed by atoms with E-state index in [0.29, 0.717) is 21.6 Å². The van der Waals surface area contributed by atoms with E-state index in [4.69, 9.17) is 23.2 Å². The number of carbonyl (C=O) groups is 2. The second-order valence-corrected chi connectivity index (χ2v) is 10.4. The first-order chi connectivity index (χ1) is 15.4. The van der Waals surface area contributed by atoms with Crippen LogP contribution < -0.4 is 10.6 Å². The summed E-state index contributed by atoms with van der Waals surface area (Å²) in [6.07, 6.45) is 2.57. The molecule has 9 heteroatoms. The minimum absolute atomic E-state index is 0.0680. The summed E-state index contributed by atoms with van der Waals surface area (Å²) < 4.78 is 0. The maximum Gasteiger partial charge on any atom is 0.239 e. The van der Waals surface area contributed by atoms with Crippen LogP contribution in [0.4, 0.5) is 10.8 Å². The Morgan fingerprint density at radius 1 is 1.16 bits per heavy atom. The smallest absolute Gasteiger partial charge is 0.239 e. The number of hydrogen-bond acceptors (Lipinski definition) is 5. The molecule has 0 spiro atoms. The summed E-state index contributed by atoms with van der Waals surface area (Å²) in [4.78, 5) is 30.3. The van der Waals surface area contributed by atoms with Gasteiger partial charge in [-0.3, -0.25) is 9.59 Å². The monoisotopic (exact) mass is 505 g/mol. The van der Waals surface area contributed by atoms with Crippen LogP contribution in [0.1, 0.15) is 26.2 Å². The summed E-state index contributed by atoms with van der Waals surface area (Å²) in [6, 6.07) is 12.9. The standard InChI is InChI=1S/C23H21Cl2N3O2S2/c1-2-20(32-16-5-3-4-15(11-16)26-21(29)13-6-7-13)22(30)28-23-27-19(12-31-23)14-8-9-17(24)18(25)10-14/h3-5,8-13,20H,2,6-7H2,1H3,(H,26,29)(H,27,28,30). The predicted octanol–water partition coefficient (Wildman–Crippen LogP) is 6.97. The van der Waals surface area contributed by atoms with Crippen LogP contribution in [0.15, 0.2) is 52.7 Å². The number of thiazole rings is 1. The molecular formula is C23H21Cl2N3O2S2. The van der Waals surface area contributed by atoms with Gasteiger partial charge in [-0.05, 0) is 49.6 Å². The van der Waals surface area contributed by atoms with Crippen molar-refractivity contribution in [3.8, 4) is 11.3 Å². The Kier molecular flexibility index (Phi) is 7.40. The van der Waals surface area contributed by atoms with Gasteiger partial charge in [0.2, 0.25) is 11.8 Å². The number of thioether (sulfide) groups is 1. The lowest BCUT2D eigenvalue weighted by Crippen LogP contribution is -2.24. The molecule has 2 N–H and O–H groups in total. The molecular weight excluding hydrogens is 485 g/mol. The molecule has 1 atom stereocenters. The van der Waals surface area contributed by atoms with Crippen LogP contribution in [0, 0.1) is 5.92 Å². The molecule has 2 amide bonds. The summed E-state index contributed by atoms with van der Waals surface area (Å²) >= 11 is 14.9. The Morgan fingerprint density at radius 2 is 1.97 bits per heavy atom. The molecule has 2 aromatic carbocycles. The van der Waals surface area contributed by atoms with Crippen molar-refractivity contribution in [2.24, 2.45) is 5.92 Å². The van der Waals surface area contributed by atoms with Crippen LogP contribution in [0.3, 0.4) is 0 Å². The van der Waals surface area contributed by atoms with Gasteiger partial charge in [0.05, 0.1) is 21.0 Å². The lowest BCUT2D eigenvalue weighted by molar-refractivity contribution is -0.117. The van der Waals surface area contributed by atoms with Crippen molar-refractivity contribution in [2.75, 3.05) is 10.6 Å². The van der Waals surface area contributed by atoms with Gasteiger partial charge >= 0.3 is 0 Å². The van der Waals surface area contributed by atoms with Crippen molar-refractivity contribution in [1.82, 2.24) is 4.98 Å². The minimum atomic E-state index is -0.290. The summed E-state index contributed by atoms with van der Waals surface area (Å²) in [5, 5.41) is 8.92. The number of amides is 2. The quantitative estimate of drug-likeness (QED) is 0.324. The number of aromatic nitrogens is 1. The highest BCUT2D eigenvalue weighted by atomic mass is 35.5. The van der Waals surface area contributed by atoms with Crippen molar-refractivity contribution < 1.29 is 9.59 Å². The molecule has 1 fully saturated rings. The highest BCUT2D eigenvalue weighted by Crippen LogP contribution is 2.33. The Bertz CT molecular complexity index is 1150. The molecule has 1 unspecified atom stereocenters. The zero-order chi connectivity index (χ0) is 22.7. The molecule has 0 bridgehead atoms. The van der Waals surface area contributed by atoms with Crippen LogP contribution in [-0.2, 0) is 9.59 Å². The second kappa shape index (κ2) is 10.3. The van der Waals surface area contributed by atoms with E-state index in [2.05, 4.69) is 15.6 Å². The van der Waals surface area contributed by atoms with Gasteiger partial charge in [-0.15, -0.1) is 23.1 Å². The molecule has 3 aromatic rings. The second-order valence-electron chi connectivity index (χ2n) is 7.46. The van der Waals surface area contributed by atoms with Crippen LogP contribution >= 0.6 is 46.3 Å². The van der Waals surface area contributed by atoms with Crippen LogP contribution in [0.5, 0.6) is 0 Å². The van der Waals surface area contributed by atoms with E-state index < -0.39 is 0 Å². The molecule has 5 nitrogen and oxygen atoms in total. The molecule has 1 aromatic heterocycles. The van der Waals surface area contributed by atoms with Crippen molar-refractivity contribution in [3.63, 3.8) is 0 Å². The predicted molar refractivity (Wildman–Crippen MR) is 134 cm³/mol. The van der Waals surface area contributed by atoms with E-state index in [1.165, 1.54) is 23.1 Å². The van der Waals surface area contributed by atoms with Crippen molar-refractivity contribution in [2.45, 2.75) is 36.3 Å². The van der Waals surface area contributed by atoms with E-state index in [0.717, 1.165) is 34.7 Å². The number of rotatable bonds is 8. The fourth-order valence-corrected chi connectivity index (χ4v) is 5.06. The summed E-state index contributed by atoms with van der Waals surface area (Å²) in [5.41, 5.74) is 2.32. The van der Waals surface area contributed by atoms with E-state index in [-0.39, 0.29) is 23.0 Å². The highest BCUT2D eigenvalue weighted by molar-refractivity contribution is 8.00. The number of carbonyl (C=O) groups excluding carboxylic acids is 2. The number of halogens is 2. The van der Waals surface area contributed by atoms with E-state index in [1.807, 2.05) is 42.6 Å². The molecule has 1 heterocycles. The Balaban J connectivity index is 1.39. The largest absolute Gasteiger partial charge is 0.326 e. The van der Waals surface area contributed by atoms with Crippen LogP contribution in [-0.4, -0.2) is 22.0 Å². The summed E-state index contributed by atoms with van der Waals surface area (Å²) in [6.45, 7) is 1.97. The van der Waals surface area contributed by atoms with Gasteiger partial charge in [-0.2, -0.15) is 0 Å². The molecule has 0 radical (unpaired) electrons. The van der Waals surface area contributed by atoms with Crippen molar-refractivity contribution in [3.05, 3.63) is 57.9 Å². The highest BCUT2D eigenvalue weighted by Gasteiger charge is 2.29. The fourth-order valence-electron chi connectivity index (χ4n) is 3.03. The average Bonchev–Trinajstić information content (AvgIpc) is 3.53. The lowest BCUT2D eigenvalue weighted by Gasteiger charge is -2.14.